The molecular weight excluding hydrogens is 266 g/mol. The van der Waals surface area contributed by atoms with Gasteiger partial charge >= 0.3 is 0 Å². The summed E-state index contributed by atoms with van der Waals surface area (Å²) in [6.07, 6.45) is 3.68. The van der Waals surface area contributed by atoms with Gasteiger partial charge in [0.15, 0.2) is 0 Å². The zero-order valence-corrected chi connectivity index (χ0v) is 12.9. The molecule has 0 spiro atoms. The Bertz CT molecular complexity index is 481. The predicted molar refractivity (Wildman–Crippen MR) is 82.2 cm³/mol. The van der Waals surface area contributed by atoms with E-state index in [4.69, 9.17) is 4.74 Å². The fourth-order valence-electron chi connectivity index (χ4n) is 2.92. The van der Waals surface area contributed by atoms with Crippen LogP contribution in [0.25, 0.3) is 0 Å². The van der Waals surface area contributed by atoms with Crippen molar-refractivity contribution >= 4 is 5.91 Å². The van der Waals surface area contributed by atoms with Gasteiger partial charge in [0.1, 0.15) is 5.75 Å². The van der Waals surface area contributed by atoms with Gasteiger partial charge in [-0.1, -0.05) is 25.0 Å². The summed E-state index contributed by atoms with van der Waals surface area (Å²) in [7, 11) is 0. The molecule has 1 amide bonds. The molecule has 116 valence electrons. The van der Waals surface area contributed by atoms with Crippen molar-refractivity contribution in [1.29, 1.82) is 0 Å². The standard InChI is InChI=1S/C17H25NO3/c1-3-21-15-8-6-7-14(11-15)13(2)18-16(19)12-17(20)9-4-5-10-17/h6-8,11,13,20H,3-5,9-10,12H2,1-2H3,(H,18,19). The van der Waals surface area contributed by atoms with E-state index in [1.54, 1.807) is 0 Å². The predicted octanol–water partition coefficient (Wildman–Crippen LogP) is 2.96. The van der Waals surface area contributed by atoms with Crippen molar-refractivity contribution in [2.45, 2.75) is 57.6 Å². The Morgan fingerprint density at radius 3 is 2.81 bits per heavy atom. The Morgan fingerprint density at radius 2 is 2.14 bits per heavy atom. The molecule has 1 aliphatic carbocycles. The highest BCUT2D eigenvalue weighted by atomic mass is 16.5. The minimum Gasteiger partial charge on any atom is -0.494 e. The quantitative estimate of drug-likeness (QED) is 0.847. The third-order valence-electron chi connectivity index (χ3n) is 4.07. The molecule has 0 radical (unpaired) electrons. The lowest BCUT2D eigenvalue weighted by atomic mass is 9.97. The van der Waals surface area contributed by atoms with Crippen molar-refractivity contribution in [3.8, 4) is 5.75 Å². The number of aliphatic hydroxyl groups is 1. The highest BCUT2D eigenvalue weighted by Gasteiger charge is 2.33. The van der Waals surface area contributed by atoms with Crippen LogP contribution in [-0.4, -0.2) is 23.2 Å². The van der Waals surface area contributed by atoms with E-state index in [2.05, 4.69) is 5.32 Å². The van der Waals surface area contributed by atoms with E-state index in [1.807, 2.05) is 38.1 Å². The fourth-order valence-corrected chi connectivity index (χ4v) is 2.92. The second-order valence-corrected chi connectivity index (χ2v) is 5.90. The van der Waals surface area contributed by atoms with Crippen LogP contribution in [0, 0.1) is 0 Å². The van der Waals surface area contributed by atoms with Crippen molar-refractivity contribution in [2.24, 2.45) is 0 Å². The third kappa shape index (κ3) is 4.46. The molecule has 1 fully saturated rings. The minimum absolute atomic E-state index is 0.0892. The maximum atomic E-state index is 12.1. The lowest BCUT2D eigenvalue weighted by molar-refractivity contribution is -0.126. The highest BCUT2D eigenvalue weighted by molar-refractivity contribution is 5.77. The molecule has 0 saturated heterocycles. The molecule has 1 aromatic carbocycles. The molecule has 1 aromatic rings. The number of carbonyl (C=O) groups is 1. The summed E-state index contributed by atoms with van der Waals surface area (Å²) < 4.78 is 5.47. The van der Waals surface area contributed by atoms with Crippen LogP contribution >= 0.6 is 0 Å². The Morgan fingerprint density at radius 1 is 1.43 bits per heavy atom. The molecular formula is C17H25NO3. The first-order valence-electron chi connectivity index (χ1n) is 7.77. The molecule has 21 heavy (non-hydrogen) atoms. The van der Waals surface area contributed by atoms with Gasteiger partial charge in [-0.05, 0) is 44.4 Å². The Kier molecular flexibility index (Phi) is 5.23. The van der Waals surface area contributed by atoms with Gasteiger partial charge in [0.25, 0.3) is 0 Å². The average Bonchev–Trinajstić information content (AvgIpc) is 2.85. The molecule has 0 aliphatic heterocycles. The smallest absolute Gasteiger partial charge is 0.223 e. The van der Waals surface area contributed by atoms with E-state index in [-0.39, 0.29) is 18.4 Å². The molecule has 2 rings (SSSR count). The van der Waals surface area contributed by atoms with Gasteiger partial charge < -0.3 is 15.2 Å². The van der Waals surface area contributed by atoms with E-state index in [1.165, 1.54) is 0 Å². The van der Waals surface area contributed by atoms with E-state index >= 15 is 0 Å². The van der Waals surface area contributed by atoms with E-state index < -0.39 is 5.60 Å². The molecule has 1 saturated carbocycles. The number of hydrogen-bond acceptors (Lipinski definition) is 3. The van der Waals surface area contributed by atoms with E-state index in [0.29, 0.717) is 6.61 Å². The summed E-state index contributed by atoms with van der Waals surface area (Å²) in [6, 6.07) is 7.65. The van der Waals surface area contributed by atoms with Crippen molar-refractivity contribution < 1.29 is 14.6 Å². The maximum Gasteiger partial charge on any atom is 0.223 e. The van der Waals surface area contributed by atoms with Crippen LogP contribution in [0.2, 0.25) is 0 Å². The first kappa shape index (κ1) is 15.8. The van der Waals surface area contributed by atoms with E-state index in [9.17, 15) is 9.90 Å². The molecule has 4 nitrogen and oxygen atoms in total. The third-order valence-corrected chi connectivity index (χ3v) is 4.07. The first-order chi connectivity index (χ1) is 10.0. The zero-order valence-electron chi connectivity index (χ0n) is 12.9. The van der Waals surface area contributed by atoms with Crippen LogP contribution in [0.5, 0.6) is 5.75 Å². The van der Waals surface area contributed by atoms with Crippen molar-refractivity contribution in [3.05, 3.63) is 29.8 Å². The number of nitrogens with one attached hydrogen (secondary N) is 1. The number of rotatable bonds is 6. The van der Waals surface area contributed by atoms with Crippen LogP contribution < -0.4 is 10.1 Å². The van der Waals surface area contributed by atoms with Gasteiger partial charge in [0, 0.05) is 0 Å². The largest absolute Gasteiger partial charge is 0.494 e. The Hall–Kier alpha value is -1.55. The molecule has 4 heteroatoms. The monoisotopic (exact) mass is 291 g/mol. The van der Waals surface area contributed by atoms with Gasteiger partial charge in [-0.15, -0.1) is 0 Å². The SMILES string of the molecule is CCOc1cccc(C(C)NC(=O)CC2(O)CCCC2)c1. The second kappa shape index (κ2) is 6.94. The fraction of sp³-hybridized carbons (Fsp3) is 0.588. The van der Waals surface area contributed by atoms with Crippen LogP contribution in [0.1, 0.15) is 57.6 Å². The summed E-state index contributed by atoms with van der Waals surface area (Å²) in [5.74, 6) is 0.722. The van der Waals surface area contributed by atoms with Gasteiger partial charge in [0.05, 0.1) is 24.7 Å². The molecule has 1 unspecified atom stereocenters. The lowest BCUT2D eigenvalue weighted by Crippen LogP contribution is -2.35. The van der Waals surface area contributed by atoms with Gasteiger partial charge in [-0.25, -0.2) is 0 Å². The van der Waals surface area contributed by atoms with Crippen LogP contribution in [0.4, 0.5) is 0 Å². The lowest BCUT2D eigenvalue weighted by Gasteiger charge is -2.23. The topological polar surface area (TPSA) is 58.6 Å². The number of hydrogen-bond donors (Lipinski definition) is 2. The first-order valence-corrected chi connectivity index (χ1v) is 7.77. The number of benzene rings is 1. The summed E-state index contributed by atoms with van der Waals surface area (Å²) >= 11 is 0. The van der Waals surface area contributed by atoms with Crippen LogP contribution in [-0.2, 0) is 4.79 Å². The number of ether oxygens (including phenoxy) is 1. The normalized spacial score (nSPS) is 18.2. The summed E-state index contributed by atoms with van der Waals surface area (Å²) in [6.45, 7) is 4.51. The minimum atomic E-state index is -0.795. The van der Waals surface area contributed by atoms with E-state index in [0.717, 1.165) is 37.0 Å². The molecule has 2 N–H and O–H groups in total. The van der Waals surface area contributed by atoms with Crippen molar-refractivity contribution in [2.75, 3.05) is 6.61 Å². The van der Waals surface area contributed by atoms with Gasteiger partial charge in [-0.2, -0.15) is 0 Å². The molecule has 1 aliphatic rings. The highest BCUT2D eigenvalue weighted by Crippen LogP contribution is 2.32. The average molecular weight is 291 g/mol. The van der Waals surface area contributed by atoms with Crippen molar-refractivity contribution in [3.63, 3.8) is 0 Å². The number of carbonyl (C=O) groups excluding carboxylic acids is 1. The maximum absolute atomic E-state index is 12.1. The molecule has 0 aromatic heterocycles. The Labute approximate surface area is 126 Å². The molecule has 0 heterocycles. The van der Waals surface area contributed by atoms with Crippen LogP contribution in [0.15, 0.2) is 24.3 Å². The summed E-state index contributed by atoms with van der Waals surface area (Å²) in [4.78, 5) is 12.1. The van der Waals surface area contributed by atoms with Crippen LogP contribution in [0.3, 0.4) is 0 Å². The van der Waals surface area contributed by atoms with Crippen molar-refractivity contribution in [1.82, 2.24) is 5.32 Å². The summed E-state index contributed by atoms with van der Waals surface area (Å²) in [5.41, 5.74) is 0.212. The zero-order chi connectivity index (χ0) is 15.3. The molecule has 0 bridgehead atoms. The Balaban J connectivity index is 1.92. The van der Waals surface area contributed by atoms with Gasteiger partial charge in [-0.3, -0.25) is 4.79 Å². The molecule has 1 atom stereocenters. The second-order valence-electron chi connectivity index (χ2n) is 5.90. The summed E-state index contributed by atoms with van der Waals surface area (Å²) in [5, 5.41) is 13.2. The van der Waals surface area contributed by atoms with Gasteiger partial charge in [0.2, 0.25) is 5.91 Å². The number of amides is 1.